The van der Waals surface area contributed by atoms with Crippen LogP contribution in [-0.4, -0.2) is 18.3 Å². The minimum atomic E-state index is -4.13. The zero-order valence-corrected chi connectivity index (χ0v) is 8.57. The van der Waals surface area contributed by atoms with E-state index in [0.717, 1.165) is 13.3 Å². The first-order chi connectivity index (χ1) is 5.73. The third kappa shape index (κ3) is 5.91. The first-order valence-electron chi connectivity index (χ1n) is 4.56. The van der Waals surface area contributed by atoms with Gasteiger partial charge in [-0.05, 0) is 26.2 Å². The molecule has 13 heavy (non-hydrogen) atoms. The van der Waals surface area contributed by atoms with Crippen LogP contribution in [-0.2, 0) is 0 Å². The average Bonchev–Trinajstić information content (AvgIpc) is 1.82. The highest BCUT2D eigenvalue weighted by Gasteiger charge is 2.36. The standard InChI is InChI=1S/C9H18F3N/c1-6(2)5-7(3)13-8(4)9(10,11)12/h6-8,13H,5H2,1-4H3/t7?,8-/m1/s1. The van der Waals surface area contributed by atoms with Crippen molar-refractivity contribution in [2.24, 2.45) is 5.92 Å². The summed E-state index contributed by atoms with van der Waals surface area (Å²) in [7, 11) is 0. The van der Waals surface area contributed by atoms with E-state index in [1.807, 2.05) is 13.8 Å². The molecule has 0 heterocycles. The van der Waals surface area contributed by atoms with Gasteiger partial charge < -0.3 is 5.32 Å². The summed E-state index contributed by atoms with van der Waals surface area (Å²) in [6.07, 6.45) is -3.37. The first kappa shape index (κ1) is 12.8. The lowest BCUT2D eigenvalue weighted by molar-refractivity contribution is -0.153. The van der Waals surface area contributed by atoms with Crippen LogP contribution >= 0.6 is 0 Å². The molecule has 0 aromatic rings. The molecule has 0 rings (SSSR count). The van der Waals surface area contributed by atoms with E-state index in [4.69, 9.17) is 0 Å². The van der Waals surface area contributed by atoms with E-state index in [1.165, 1.54) is 0 Å². The van der Waals surface area contributed by atoms with Crippen LogP contribution < -0.4 is 5.32 Å². The Hall–Kier alpha value is -0.250. The smallest absolute Gasteiger partial charge is 0.304 e. The van der Waals surface area contributed by atoms with Gasteiger partial charge in [-0.2, -0.15) is 13.2 Å². The Labute approximate surface area is 77.7 Å². The highest BCUT2D eigenvalue weighted by Crippen LogP contribution is 2.20. The lowest BCUT2D eigenvalue weighted by atomic mass is 10.0. The Morgan fingerprint density at radius 2 is 1.54 bits per heavy atom. The SMILES string of the molecule is CC(C)CC(C)N[C@H](C)C(F)(F)F. The Morgan fingerprint density at radius 3 is 1.85 bits per heavy atom. The highest BCUT2D eigenvalue weighted by atomic mass is 19.4. The number of hydrogen-bond acceptors (Lipinski definition) is 1. The molecule has 0 fully saturated rings. The van der Waals surface area contributed by atoms with Gasteiger partial charge >= 0.3 is 6.18 Å². The van der Waals surface area contributed by atoms with Gasteiger partial charge in [0.25, 0.3) is 0 Å². The van der Waals surface area contributed by atoms with Crippen LogP contribution in [0.4, 0.5) is 13.2 Å². The molecular formula is C9H18F3N. The molecule has 4 heteroatoms. The van der Waals surface area contributed by atoms with E-state index < -0.39 is 12.2 Å². The molecule has 0 aromatic heterocycles. The zero-order chi connectivity index (χ0) is 10.6. The average molecular weight is 197 g/mol. The molecule has 0 radical (unpaired) electrons. The van der Waals surface area contributed by atoms with E-state index in [0.29, 0.717) is 5.92 Å². The second kappa shape index (κ2) is 4.84. The van der Waals surface area contributed by atoms with Crippen LogP contribution in [0.2, 0.25) is 0 Å². The lowest BCUT2D eigenvalue weighted by Gasteiger charge is -2.23. The van der Waals surface area contributed by atoms with Crippen molar-refractivity contribution < 1.29 is 13.2 Å². The molecule has 2 atom stereocenters. The Kier molecular flexibility index (Phi) is 4.75. The monoisotopic (exact) mass is 197 g/mol. The molecule has 0 saturated carbocycles. The van der Waals surface area contributed by atoms with Crippen LogP contribution in [0.1, 0.15) is 34.1 Å². The molecule has 0 saturated heterocycles. The normalized spacial score (nSPS) is 17.5. The molecule has 1 unspecified atom stereocenters. The molecule has 0 bridgehead atoms. The summed E-state index contributed by atoms with van der Waals surface area (Å²) in [6.45, 7) is 6.92. The summed E-state index contributed by atoms with van der Waals surface area (Å²) in [5.74, 6) is 0.419. The third-order valence-corrected chi connectivity index (χ3v) is 1.85. The number of nitrogens with one attached hydrogen (secondary N) is 1. The van der Waals surface area contributed by atoms with Crippen molar-refractivity contribution in [2.75, 3.05) is 0 Å². The third-order valence-electron chi connectivity index (χ3n) is 1.85. The van der Waals surface area contributed by atoms with E-state index >= 15 is 0 Å². The molecule has 0 amide bonds. The van der Waals surface area contributed by atoms with Crippen molar-refractivity contribution in [3.63, 3.8) is 0 Å². The van der Waals surface area contributed by atoms with Crippen molar-refractivity contribution in [3.05, 3.63) is 0 Å². The fourth-order valence-electron chi connectivity index (χ4n) is 1.30. The predicted molar refractivity (Wildman–Crippen MR) is 47.6 cm³/mol. The summed E-state index contributed by atoms with van der Waals surface area (Å²) in [5.41, 5.74) is 0. The summed E-state index contributed by atoms with van der Waals surface area (Å²) in [5, 5.41) is 2.53. The Morgan fingerprint density at radius 1 is 1.08 bits per heavy atom. The molecule has 1 N–H and O–H groups in total. The molecule has 0 aliphatic rings. The molecule has 0 aliphatic carbocycles. The molecular weight excluding hydrogens is 179 g/mol. The number of hydrogen-bond donors (Lipinski definition) is 1. The molecule has 0 aromatic carbocycles. The van der Waals surface area contributed by atoms with Crippen molar-refractivity contribution in [1.82, 2.24) is 5.32 Å². The van der Waals surface area contributed by atoms with E-state index in [9.17, 15) is 13.2 Å². The van der Waals surface area contributed by atoms with Gasteiger partial charge in [-0.25, -0.2) is 0 Å². The maximum Gasteiger partial charge on any atom is 0.403 e. The fourth-order valence-corrected chi connectivity index (χ4v) is 1.30. The van der Waals surface area contributed by atoms with Crippen LogP contribution in [0.25, 0.3) is 0 Å². The Balaban J connectivity index is 3.85. The maximum absolute atomic E-state index is 12.1. The van der Waals surface area contributed by atoms with Gasteiger partial charge in [-0.15, -0.1) is 0 Å². The van der Waals surface area contributed by atoms with Crippen LogP contribution in [0.15, 0.2) is 0 Å². The van der Waals surface area contributed by atoms with Gasteiger partial charge in [-0.1, -0.05) is 13.8 Å². The maximum atomic E-state index is 12.1. The van der Waals surface area contributed by atoms with Gasteiger partial charge in [0.2, 0.25) is 0 Å². The fraction of sp³-hybridized carbons (Fsp3) is 1.00. The minimum Gasteiger partial charge on any atom is -0.304 e. The van der Waals surface area contributed by atoms with Crippen LogP contribution in [0, 0.1) is 5.92 Å². The summed E-state index contributed by atoms with van der Waals surface area (Å²) in [6, 6.07) is -1.50. The molecule has 0 spiro atoms. The summed E-state index contributed by atoms with van der Waals surface area (Å²) < 4.78 is 36.3. The van der Waals surface area contributed by atoms with Crippen molar-refractivity contribution in [1.29, 1.82) is 0 Å². The largest absolute Gasteiger partial charge is 0.403 e. The van der Waals surface area contributed by atoms with Gasteiger partial charge in [0.1, 0.15) is 6.04 Å². The van der Waals surface area contributed by atoms with Gasteiger partial charge in [0.05, 0.1) is 0 Å². The summed E-state index contributed by atoms with van der Waals surface area (Å²) >= 11 is 0. The van der Waals surface area contributed by atoms with Crippen molar-refractivity contribution in [2.45, 2.75) is 52.4 Å². The highest BCUT2D eigenvalue weighted by molar-refractivity contribution is 4.74. The van der Waals surface area contributed by atoms with Crippen LogP contribution in [0.5, 0.6) is 0 Å². The first-order valence-corrected chi connectivity index (χ1v) is 4.56. The Bertz CT molecular complexity index is 142. The molecule has 1 nitrogen and oxygen atoms in total. The number of alkyl halides is 3. The topological polar surface area (TPSA) is 12.0 Å². The van der Waals surface area contributed by atoms with Gasteiger partial charge in [-0.3, -0.25) is 0 Å². The second-order valence-corrected chi connectivity index (χ2v) is 3.96. The van der Waals surface area contributed by atoms with E-state index in [1.54, 1.807) is 6.92 Å². The number of halogens is 3. The summed E-state index contributed by atoms with van der Waals surface area (Å²) in [4.78, 5) is 0. The minimum absolute atomic E-state index is 0.0865. The van der Waals surface area contributed by atoms with Gasteiger partial charge in [0.15, 0.2) is 0 Å². The van der Waals surface area contributed by atoms with E-state index in [2.05, 4.69) is 5.32 Å². The lowest BCUT2D eigenvalue weighted by Crippen LogP contribution is -2.44. The predicted octanol–water partition coefficient (Wildman–Crippen LogP) is 2.96. The zero-order valence-electron chi connectivity index (χ0n) is 8.57. The molecule has 80 valence electrons. The quantitative estimate of drug-likeness (QED) is 0.730. The van der Waals surface area contributed by atoms with Crippen LogP contribution in [0.3, 0.4) is 0 Å². The second-order valence-electron chi connectivity index (χ2n) is 3.96. The van der Waals surface area contributed by atoms with Gasteiger partial charge in [0, 0.05) is 6.04 Å². The van der Waals surface area contributed by atoms with Crippen molar-refractivity contribution >= 4 is 0 Å². The van der Waals surface area contributed by atoms with Crippen molar-refractivity contribution in [3.8, 4) is 0 Å². The number of rotatable bonds is 4. The van der Waals surface area contributed by atoms with E-state index in [-0.39, 0.29) is 6.04 Å². The molecule has 0 aliphatic heterocycles.